The van der Waals surface area contributed by atoms with Crippen molar-refractivity contribution in [2.45, 2.75) is 6.61 Å². The average Bonchev–Trinajstić information content (AvgIpc) is 2.40. The van der Waals surface area contributed by atoms with Crippen LogP contribution in [0.25, 0.3) is 0 Å². The van der Waals surface area contributed by atoms with Crippen molar-refractivity contribution >= 4 is 23.2 Å². The molecule has 0 aromatic heterocycles. The highest BCUT2D eigenvalue weighted by molar-refractivity contribution is 6.30. The van der Waals surface area contributed by atoms with Gasteiger partial charge in [0.2, 0.25) is 0 Å². The zero-order chi connectivity index (χ0) is 13.8. The van der Waals surface area contributed by atoms with Crippen LogP contribution in [-0.2, 0) is 6.61 Å². The number of primary amides is 1. The quantitative estimate of drug-likeness (QED) is 0.843. The molecule has 5 heteroatoms. The smallest absolute Gasteiger partial charge is 0.252 e. The summed E-state index contributed by atoms with van der Waals surface area (Å²) in [5.41, 5.74) is 12.8. The molecular weight excluding hydrogens is 264 g/mol. The molecule has 0 radical (unpaired) electrons. The molecule has 0 unspecified atom stereocenters. The molecule has 4 N–H and O–H groups in total. The third kappa shape index (κ3) is 3.17. The highest BCUT2D eigenvalue weighted by Crippen LogP contribution is 2.22. The summed E-state index contributed by atoms with van der Waals surface area (Å²) in [6.45, 7) is 0.219. The molecule has 98 valence electrons. The molecular formula is C14H13ClN2O2. The molecule has 0 saturated heterocycles. The van der Waals surface area contributed by atoms with Crippen LogP contribution < -0.4 is 16.2 Å². The molecule has 0 aliphatic carbocycles. The van der Waals surface area contributed by atoms with E-state index in [2.05, 4.69) is 0 Å². The second-order valence-corrected chi connectivity index (χ2v) is 4.43. The van der Waals surface area contributed by atoms with Crippen LogP contribution >= 0.6 is 11.6 Å². The lowest BCUT2D eigenvalue weighted by Gasteiger charge is -2.11. The van der Waals surface area contributed by atoms with Crippen molar-refractivity contribution in [3.63, 3.8) is 0 Å². The summed E-state index contributed by atoms with van der Waals surface area (Å²) in [7, 11) is 0. The summed E-state index contributed by atoms with van der Waals surface area (Å²) in [4.78, 5) is 11.3. The average molecular weight is 277 g/mol. The maximum atomic E-state index is 11.3. The Hall–Kier alpha value is -2.20. The Balaban J connectivity index is 2.19. The number of hydrogen-bond acceptors (Lipinski definition) is 3. The Morgan fingerprint density at radius 1 is 1.21 bits per heavy atom. The third-order valence-corrected chi connectivity index (χ3v) is 2.88. The van der Waals surface area contributed by atoms with Crippen LogP contribution in [0.2, 0.25) is 5.02 Å². The molecule has 0 atom stereocenters. The van der Waals surface area contributed by atoms with E-state index in [0.717, 1.165) is 5.56 Å². The summed E-state index contributed by atoms with van der Waals surface area (Å²) in [6, 6.07) is 11.9. The van der Waals surface area contributed by atoms with Crippen LogP contribution in [0.1, 0.15) is 15.9 Å². The second kappa shape index (κ2) is 5.63. The number of carbonyl (C=O) groups is 1. The van der Waals surface area contributed by atoms with Crippen LogP contribution in [-0.4, -0.2) is 5.91 Å². The minimum absolute atomic E-state index is 0.219. The normalized spacial score (nSPS) is 10.2. The number of benzene rings is 2. The SMILES string of the molecule is NC(=O)c1ccccc1OCc1cc(Cl)ccc1N. The Labute approximate surface area is 115 Å². The molecule has 19 heavy (non-hydrogen) atoms. The summed E-state index contributed by atoms with van der Waals surface area (Å²) >= 11 is 5.90. The Morgan fingerprint density at radius 2 is 1.95 bits per heavy atom. The molecule has 0 heterocycles. The van der Waals surface area contributed by atoms with Crippen molar-refractivity contribution in [1.82, 2.24) is 0 Å². The molecule has 0 fully saturated rings. The first-order valence-corrected chi connectivity index (χ1v) is 6.01. The zero-order valence-electron chi connectivity index (χ0n) is 10.1. The number of anilines is 1. The van der Waals surface area contributed by atoms with Gasteiger partial charge in [0.15, 0.2) is 0 Å². The van der Waals surface area contributed by atoms with Crippen molar-refractivity contribution in [2.75, 3.05) is 5.73 Å². The van der Waals surface area contributed by atoms with E-state index in [1.165, 1.54) is 0 Å². The predicted octanol–water partition coefficient (Wildman–Crippen LogP) is 2.60. The van der Waals surface area contributed by atoms with E-state index in [9.17, 15) is 4.79 Å². The lowest BCUT2D eigenvalue weighted by Crippen LogP contribution is -2.13. The van der Waals surface area contributed by atoms with Crippen molar-refractivity contribution < 1.29 is 9.53 Å². The van der Waals surface area contributed by atoms with Gasteiger partial charge in [-0.15, -0.1) is 0 Å². The van der Waals surface area contributed by atoms with Gasteiger partial charge in [0, 0.05) is 16.3 Å². The van der Waals surface area contributed by atoms with Crippen LogP contribution in [0.4, 0.5) is 5.69 Å². The van der Waals surface area contributed by atoms with E-state index in [-0.39, 0.29) is 6.61 Å². The standard InChI is InChI=1S/C14H13ClN2O2/c15-10-5-6-12(16)9(7-10)8-19-13-4-2-1-3-11(13)14(17)18/h1-7H,8,16H2,(H2,17,18). The first kappa shape index (κ1) is 13.2. The van der Waals surface area contributed by atoms with E-state index < -0.39 is 5.91 Å². The molecule has 2 aromatic rings. The second-order valence-electron chi connectivity index (χ2n) is 3.99. The highest BCUT2D eigenvalue weighted by Gasteiger charge is 2.09. The van der Waals surface area contributed by atoms with Gasteiger partial charge in [-0.05, 0) is 30.3 Å². The number of hydrogen-bond donors (Lipinski definition) is 2. The summed E-state index contributed by atoms with van der Waals surface area (Å²) in [5.74, 6) is -0.107. The lowest BCUT2D eigenvalue weighted by molar-refractivity contribution is 0.0996. The molecule has 0 aliphatic heterocycles. The predicted molar refractivity (Wildman–Crippen MR) is 75.2 cm³/mol. The van der Waals surface area contributed by atoms with E-state index in [4.69, 9.17) is 27.8 Å². The van der Waals surface area contributed by atoms with Gasteiger partial charge in [0.1, 0.15) is 12.4 Å². The maximum absolute atomic E-state index is 11.3. The fourth-order valence-corrected chi connectivity index (χ4v) is 1.85. The minimum atomic E-state index is -0.533. The first-order valence-electron chi connectivity index (χ1n) is 5.63. The van der Waals surface area contributed by atoms with Gasteiger partial charge in [0.05, 0.1) is 5.56 Å². The van der Waals surface area contributed by atoms with E-state index in [0.29, 0.717) is 22.0 Å². The van der Waals surface area contributed by atoms with Crippen LogP contribution in [0.15, 0.2) is 42.5 Å². The Morgan fingerprint density at radius 3 is 2.68 bits per heavy atom. The maximum Gasteiger partial charge on any atom is 0.252 e. The molecule has 0 spiro atoms. The fourth-order valence-electron chi connectivity index (χ4n) is 1.65. The van der Waals surface area contributed by atoms with Crippen molar-refractivity contribution in [1.29, 1.82) is 0 Å². The number of nitrogen functional groups attached to an aromatic ring is 1. The van der Waals surface area contributed by atoms with Gasteiger partial charge < -0.3 is 16.2 Å². The largest absolute Gasteiger partial charge is 0.488 e. The van der Waals surface area contributed by atoms with Gasteiger partial charge in [-0.2, -0.15) is 0 Å². The molecule has 0 bridgehead atoms. The van der Waals surface area contributed by atoms with Gasteiger partial charge in [-0.1, -0.05) is 23.7 Å². The molecule has 4 nitrogen and oxygen atoms in total. The highest BCUT2D eigenvalue weighted by atomic mass is 35.5. The number of amides is 1. The Bertz CT molecular complexity index is 614. The van der Waals surface area contributed by atoms with Gasteiger partial charge >= 0.3 is 0 Å². The summed E-state index contributed by atoms with van der Waals surface area (Å²) in [6.07, 6.45) is 0. The zero-order valence-corrected chi connectivity index (χ0v) is 10.9. The van der Waals surface area contributed by atoms with Gasteiger partial charge in [-0.3, -0.25) is 4.79 Å². The fraction of sp³-hybridized carbons (Fsp3) is 0.0714. The molecule has 1 amide bonds. The Kier molecular flexibility index (Phi) is 3.92. The number of halogens is 1. The van der Waals surface area contributed by atoms with Crippen molar-refractivity contribution in [2.24, 2.45) is 5.73 Å². The van der Waals surface area contributed by atoms with Gasteiger partial charge in [-0.25, -0.2) is 0 Å². The number of ether oxygens (including phenoxy) is 1. The monoisotopic (exact) mass is 276 g/mol. The lowest BCUT2D eigenvalue weighted by atomic mass is 10.2. The summed E-state index contributed by atoms with van der Waals surface area (Å²) < 4.78 is 5.58. The van der Waals surface area contributed by atoms with Crippen LogP contribution in [0.3, 0.4) is 0 Å². The number of nitrogens with two attached hydrogens (primary N) is 2. The summed E-state index contributed by atoms with van der Waals surface area (Å²) in [5, 5.41) is 0.580. The van der Waals surface area contributed by atoms with Gasteiger partial charge in [0.25, 0.3) is 5.91 Å². The molecule has 2 aromatic carbocycles. The van der Waals surface area contributed by atoms with E-state index in [1.54, 1.807) is 42.5 Å². The van der Waals surface area contributed by atoms with E-state index in [1.807, 2.05) is 0 Å². The minimum Gasteiger partial charge on any atom is -0.488 e. The molecule has 0 saturated carbocycles. The van der Waals surface area contributed by atoms with Crippen molar-refractivity contribution in [3.8, 4) is 5.75 Å². The number of para-hydroxylation sites is 1. The van der Waals surface area contributed by atoms with Crippen LogP contribution in [0, 0.1) is 0 Å². The van der Waals surface area contributed by atoms with E-state index >= 15 is 0 Å². The first-order chi connectivity index (χ1) is 9.08. The van der Waals surface area contributed by atoms with Crippen LogP contribution in [0.5, 0.6) is 5.75 Å². The molecule has 0 aliphatic rings. The number of rotatable bonds is 4. The topological polar surface area (TPSA) is 78.3 Å². The number of carbonyl (C=O) groups excluding carboxylic acids is 1. The third-order valence-electron chi connectivity index (χ3n) is 2.64. The van der Waals surface area contributed by atoms with Crippen molar-refractivity contribution in [3.05, 3.63) is 58.6 Å². The molecule has 2 rings (SSSR count).